The number of thiophene rings is 1. The van der Waals surface area contributed by atoms with Crippen molar-refractivity contribution in [3.8, 4) is 39.1 Å². The summed E-state index contributed by atoms with van der Waals surface area (Å²) in [6, 6.07) is 64.3. The Morgan fingerprint density at radius 1 is 0.333 bits per heavy atom. The minimum atomic E-state index is 1.17. The fourth-order valence-corrected chi connectivity index (χ4v) is 8.69. The molecule has 0 unspecified atom stereocenters. The van der Waals surface area contributed by atoms with Crippen LogP contribution >= 0.6 is 11.3 Å². The van der Waals surface area contributed by atoms with Crippen LogP contribution in [0.5, 0.6) is 0 Å². The van der Waals surface area contributed by atoms with E-state index < -0.39 is 0 Å². The van der Waals surface area contributed by atoms with Gasteiger partial charge in [0, 0.05) is 36.6 Å². The van der Waals surface area contributed by atoms with Gasteiger partial charge in [-0.3, -0.25) is 0 Å². The molecule has 10 rings (SSSR count). The number of aromatic nitrogens is 1. The van der Waals surface area contributed by atoms with Crippen molar-refractivity contribution in [2.45, 2.75) is 0 Å². The molecule has 1 nitrogen and oxygen atoms in total. The lowest BCUT2D eigenvalue weighted by atomic mass is 9.93. The standard InChI is InChI=1S/C46H29NS/c1-3-11-30(12-4-1)34-25-35(31-13-5-2-6-14-31)27-36(26-34)32-19-22-37(23-20-32)47-43-18-10-9-17-39(43)41-28-42-40-24-21-33-15-7-8-16-38(33)46(40)48-45(42)29-44(41)47/h1-29H. The van der Waals surface area contributed by atoms with Gasteiger partial charge < -0.3 is 4.57 Å². The monoisotopic (exact) mass is 627 g/mol. The predicted octanol–water partition coefficient (Wildman–Crippen LogP) is 13.3. The molecule has 2 heteroatoms. The minimum Gasteiger partial charge on any atom is -0.309 e. The van der Waals surface area contributed by atoms with Gasteiger partial charge >= 0.3 is 0 Å². The smallest absolute Gasteiger partial charge is 0.0555 e. The summed E-state index contributed by atoms with van der Waals surface area (Å²) in [4.78, 5) is 0. The molecule has 0 amide bonds. The molecule has 0 atom stereocenters. The maximum atomic E-state index is 2.44. The van der Waals surface area contributed by atoms with Gasteiger partial charge in [0.1, 0.15) is 0 Å². The van der Waals surface area contributed by atoms with Crippen molar-refractivity contribution in [3.63, 3.8) is 0 Å². The quantitative estimate of drug-likeness (QED) is 0.183. The Hall–Kier alpha value is -5.96. The largest absolute Gasteiger partial charge is 0.309 e. The van der Waals surface area contributed by atoms with E-state index in [0.717, 1.165) is 0 Å². The summed E-state index contributed by atoms with van der Waals surface area (Å²) in [6.07, 6.45) is 0. The Bertz CT molecular complexity index is 2750. The highest BCUT2D eigenvalue weighted by Crippen LogP contribution is 2.43. The summed E-state index contributed by atoms with van der Waals surface area (Å²) in [5.74, 6) is 0. The maximum Gasteiger partial charge on any atom is 0.0555 e. The van der Waals surface area contributed by atoms with E-state index in [4.69, 9.17) is 0 Å². The van der Waals surface area contributed by atoms with Crippen molar-refractivity contribution in [1.29, 1.82) is 0 Å². The molecule has 224 valence electrons. The van der Waals surface area contributed by atoms with Crippen LogP contribution in [-0.4, -0.2) is 4.57 Å². The van der Waals surface area contributed by atoms with Gasteiger partial charge in [0.15, 0.2) is 0 Å². The number of hydrogen-bond donors (Lipinski definition) is 0. The molecule has 48 heavy (non-hydrogen) atoms. The highest BCUT2D eigenvalue weighted by atomic mass is 32.1. The van der Waals surface area contributed by atoms with E-state index in [1.165, 1.54) is 91.8 Å². The molecule has 0 fully saturated rings. The summed E-state index contributed by atoms with van der Waals surface area (Å²) >= 11 is 1.91. The molecule has 0 saturated heterocycles. The van der Waals surface area contributed by atoms with Crippen molar-refractivity contribution in [2.24, 2.45) is 0 Å². The van der Waals surface area contributed by atoms with Crippen molar-refractivity contribution in [1.82, 2.24) is 4.57 Å². The van der Waals surface area contributed by atoms with E-state index >= 15 is 0 Å². The number of para-hydroxylation sites is 1. The third kappa shape index (κ3) is 4.31. The fourth-order valence-electron chi connectivity index (χ4n) is 7.44. The molecule has 2 aromatic heterocycles. The first-order chi connectivity index (χ1) is 23.8. The lowest BCUT2D eigenvalue weighted by Gasteiger charge is -2.13. The van der Waals surface area contributed by atoms with E-state index in [9.17, 15) is 0 Å². The Balaban J connectivity index is 1.14. The molecule has 0 saturated carbocycles. The number of benzene rings is 8. The third-order valence-electron chi connectivity index (χ3n) is 9.76. The van der Waals surface area contributed by atoms with Crippen LogP contribution in [0.2, 0.25) is 0 Å². The van der Waals surface area contributed by atoms with Crippen LogP contribution in [0.4, 0.5) is 0 Å². The van der Waals surface area contributed by atoms with Crippen LogP contribution in [-0.2, 0) is 0 Å². The van der Waals surface area contributed by atoms with Gasteiger partial charge in [0.25, 0.3) is 0 Å². The van der Waals surface area contributed by atoms with E-state index in [2.05, 4.69) is 180 Å². The molecule has 0 N–H and O–H groups in total. The molecule has 10 aromatic rings. The van der Waals surface area contributed by atoms with Crippen LogP contribution in [0.1, 0.15) is 0 Å². The Labute approximate surface area is 282 Å². The molecular formula is C46H29NS. The SMILES string of the molecule is c1ccc(-c2cc(-c3ccccc3)cc(-c3ccc(-n4c5ccccc5c5cc6c(cc54)sc4c5ccccc5ccc64)cc3)c2)cc1. The zero-order valence-electron chi connectivity index (χ0n) is 26.1. The summed E-state index contributed by atoms with van der Waals surface area (Å²) < 4.78 is 5.12. The predicted molar refractivity (Wildman–Crippen MR) is 207 cm³/mol. The van der Waals surface area contributed by atoms with Gasteiger partial charge in [0.2, 0.25) is 0 Å². The van der Waals surface area contributed by atoms with Crippen molar-refractivity contribution in [2.75, 3.05) is 0 Å². The van der Waals surface area contributed by atoms with Gasteiger partial charge in [-0.1, -0.05) is 127 Å². The normalized spacial score (nSPS) is 11.8. The third-order valence-corrected chi connectivity index (χ3v) is 11.0. The molecule has 0 aliphatic rings. The average molecular weight is 628 g/mol. The first kappa shape index (κ1) is 27.2. The first-order valence-corrected chi connectivity index (χ1v) is 17.2. The zero-order chi connectivity index (χ0) is 31.6. The number of nitrogens with zero attached hydrogens (tertiary/aromatic N) is 1. The van der Waals surface area contributed by atoms with Gasteiger partial charge in [-0.2, -0.15) is 0 Å². The van der Waals surface area contributed by atoms with Crippen LogP contribution in [0, 0.1) is 0 Å². The molecule has 0 spiro atoms. The summed E-state index contributed by atoms with van der Waals surface area (Å²) in [5.41, 5.74) is 10.9. The fraction of sp³-hybridized carbons (Fsp3) is 0. The Kier molecular flexibility index (Phi) is 6.12. The van der Waals surface area contributed by atoms with E-state index in [-0.39, 0.29) is 0 Å². The number of fused-ring (bicyclic) bond motifs is 8. The lowest BCUT2D eigenvalue weighted by molar-refractivity contribution is 1.18. The van der Waals surface area contributed by atoms with Gasteiger partial charge in [0.05, 0.1) is 11.0 Å². The summed E-state index contributed by atoms with van der Waals surface area (Å²) in [7, 11) is 0. The Morgan fingerprint density at radius 2 is 0.917 bits per heavy atom. The highest BCUT2D eigenvalue weighted by molar-refractivity contribution is 7.26. The number of rotatable bonds is 4. The second kappa shape index (κ2) is 10.8. The van der Waals surface area contributed by atoms with Crippen molar-refractivity contribution < 1.29 is 0 Å². The molecule has 0 aliphatic heterocycles. The number of hydrogen-bond acceptors (Lipinski definition) is 1. The van der Waals surface area contributed by atoms with Crippen LogP contribution in [0.15, 0.2) is 176 Å². The topological polar surface area (TPSA) is 4.93 Å². The van der Waals surface area contributed by atoms with E-state index in [1.54, 1.807) is 0 Å². The molecule has 0 bridgehead atoms. The highest BCUT2D eigenvalue weighted by Gasteiger charge is 2.17. The van der Waals surface area contributed by atoms with Gasteiger partial charge in [-0.25, -0.2) is 0 Å². The molecule has 2 heterocycles. The van der Waals surface area contributed by atoms with Crippen LogP contribution in [0.3, 0.4) is 0 Å². The maximum absolute atomic E-state index is 2.44. The summed E-state index contributed by atoms with van der Waals surface area (Å²) in [6.45, 7) is 0. The molecule has 0 aliphatic carbocycles. The lowest BCUT2D eigenvalue weighted by Crippen LogP contribution is -1.94. The van der Waals surface area contributed by atoms with E-state index in [1.807, 2.05) is 11.3 Å². The van der Waals surface area contributed by atoms with Crippen LogP contribution in [0.25, 0.3) is 91.8 Å². The summed E-state index contributed by atoms with van der Waals surface area (Å²) in [5, 5.41) is 7.86. The average Bonchev–Trinajstić information content (AvgIpc) is 3.69. The van der Waals surface area contributed by atoms with E-state index in [0.29, 0.717) is 0 Å². The Morgan fingerprint density at radius 3 is 1.60 bits per heavy atom. The van der Waals surface area contributed by atoms with Crippen molar-refractivity contribution >= 4 is 64.1 Å². The minimum absolute atomic E-state index is 1.17. The second-order valence-corrected chi connectivity index (χ2v) is 13.6. The molecular weight excluding hydrogens is 599 g/mol. The zero-order valence-corrected chi connectivity index (χ0v) is 26.9. The van der Waals surface area contributed by atoms with Gasteiger partial charge in [-0.05, 0) is 92.7 Å². The van der Waals surface area contributed by atoms with Gasteiger partial charge in [-0.15, -0.1) is 11.3 Å². The van der Waals surface area contributed by atoms with Crippen LogP contribution < -0.4 is 0 Å². The molecule has 0 radical (unpaired) electrons. The molecule has 8 aromatic carbocycles. The van der Waals surface area contributed by atoms with Crippen molar-refractivity contribution in [3.05, 3.63) is 176 Å². The second-order valence-electron chi connectivity index (χ2n) is 12.6. The first-order valence-electron chi connectivity index (χ1n) is 16.4.